The van der Waals surface area contributed by atoms with Crippen molar-refractivity contribution >= 4 is 23.7 Å². The summed E-state index contributed by atoms with van der Waals surface area (Å²) in [6.45, 7) is 4.79. The molecule has 1 fully saturated rings. The fraction of sp³-hybridized carbons (Fsp3) is 0.818. The minimum atomic E-state index is -1.14. The molecule has 1 aliphatic heterocycles. The van der Waals surface area contributed by atoms with Crippen molar-refractivity contribution in [2.45, 2.75) is 89.4 Å². The van der Waals surface area contributed by atoms with Crippen molar-refractivity contribution < 1.29 is 24.3 Å². The second-order valence-corrected chi connectivity index (χ2v) is 8.99. The lowest BCUT2D eigenvalue weighted by Crippen LogP contribution is -2.57. The number of nitrogens with one attached hydrogen (secondary N) is 2. The van der Waals surface area contributed by atoms with Gasteiger partial charge in [0.05, 0.1) is 6.04 Å². The van der Waals surface area contributed by atoms with E-state index < -0.39 is 42.0 Å². The van der Waals surface area contributed by atoms with Gasteiger partial charge in [-0.15, -0.1) is 0 Å². The largest absolute Gasteiger partial charge is 0.480 e. The number of likely N-dealkylation sites (tertiary alicyclic amines) is 1. The fourth-order valence-electron chi connectivity index (χ4n) is 3.95. The average molecular weight is 471 g/mol. The number of aliphatic carboxylic acids is 1. The molecule has 33 heavy (non-hydrogen) atoms. The Morgan fingerprint density at radius 1 is 1.00 bits per heavy atom. The molecule has 1 saturated heterocycles. The van der Waals surface area contributed by atoms with Gasteiger partial charge in [-0.2, -0.15) is 0 Å². The van der Waals surface area contributed by atoms with E-state index in [2.05, 4.69) is 10.6 Å². The van der Waals surface area contributed by atoms with Crippen LogP contribution in [0.25, 0.3) is 0 Å². The van der Waals surface area contributed by atoms with Crippen LogP contribution in [-0.2, 0) is 19.2 Å². The summed E-state index contributed by atoms with van der Waals surface area (Å²) < 4.78 is 0. The van der Waals surface area contributed by atoms with Crippen molar-refractivity contribution in [1.82, 2.24) is 15.5 Å². The number of carbonyl (C=O) groups is 4. The molecule has 4 unspecified atom stereocenters. The highest BCUT2D eigenvalue weighted by molar-refractivity contribution is 5.94. The lowest BCUT2D eigenvalue weighted by molar-refractivity contribution is -0.144. The third kappa shape index (κ3) is 9.26. The number of hydrogen-bond acceptors (Lipinski definition) is 7. The Balaban J connectivity index is 2.86. The average Bonchev–Trinajstić information content (AvgIpc) is 3.25. The summed E-state index contributed by atoms with van der Waals surface area (Å²) >= 11 is 0. The van der Waals surface area contributed by atoms with Gasteiger partial charge in [0.15, 0.2) is 0 Å². The molecule has 11 nitrogen and oxygen atoms in total. The Kier molecular flexibility index (Phi) is 12.9. The fourth-order valence-corrected chi connectivity index (χ4v) is 3.95. The first kappa shape index (κ1) is 28.8. The number of carbonyl (C=O) groups excluding carboxylic acids is 3. The number of carboxylic acid groups (broad SMARTS) is 1. The second kappa shape index (κ2) is 14.8. The van der Waals surface area contributed by atoms with E-state index in [1.165, 1.54) is 4.90 Å². The van der Waals surface area contributed by atoms with Gasteiger partial charge >= 0.3 is 5.97 Å². The van der Waals surface area contributed by atoms with Gasteiger partial charge in [-0.3, -0.25) is 14.4 Å². The molecule has 0 spiro atoms. The zero-order valence-electron chi connectivity index (χ0n) is 19.9. The SMILES string of the molecule is CC(C)C(NC(=O)C(CCCCN)NC(=O)C1CCCN1C(=O)C(N)CCCCN)C(=O)O. The normalized spacial score (nSPS) is 18.6. The number of unbranched alkanes of at least 4 members (excludes halogenated alkanes) is 2. The van der Waals surface area contributed by atoms with E-state index in [9.17, 15) is 24.3 Å². The van der Waals surface area contributed by atoms with E-state index >= 15 is 0 Å². The van der Waals surface area contributed by atoms with E-state index in [-0.39, 0.29) is 11.8 Å². The van der Waals surface area contributed by atoms with Gasteiger partial charge in [-0.1, -0.05) is 20.3 Å². The van der Waals surface area contributed by atoms with Crippen LogP contribution >= 0.6 is 0 Å². The third-order valence-electron chi connectivity index (χ3n) is 5.94. The summed E-state index contributed by atoms with van der Waals surface area (Å²) in [7, 11) is 0. The summed E-state index contributed by atoms with van der Waals surface area (Å²) in [5.41, 5.74) is 17.1. The predicted molar refractivity (Wildman–Crippen MR) is 125 cm³/mol. The first-order valence-corrected chi connectivity index (χ1v) is 11.9. The molecule has 0 aromatic rings. The quantitative estimate of drug-likeness (QED) is 0.169. The molecule has 4 atom stereocenters. The number of nitrogens with two attached hydrogens (primary N) is 3. The molecule has 0 aliphatic carbocycles. The second-order valence-electron chi connectivity index (χ2n) is 8.99. The van der Waals surface area contributed by atoms with E-state index in [0.717, 1.165) is 12.8 Å². The van der Waals surface area contributed by atoms with Crippen LogP contribution in [0.4, 0.5) is 0 Å². The Bertz CT molecular complexity index is 659. The van der Waals surface area contributed by atoms with Gasteiger partial charge in [-0.05, 0) is 64.0 Å². The summed E-state index contributed by atoms with van der Waals surface area (Å²) in [6, 6.07) is -3.39. The molecule has 3 amide bonds. The van der Waals surface area contributed by atoms with Crippen molar-refractivity contribution in [3.05, 3.63) is 0 Å². The van der Waals surface area contributed by atoms with Crippen LogP contribution in [-0.4, -0.2) is 77.5 Å². The molecular formula is C22H42N6O5. The highest BCUT2D eigenvalue weighted by atomic mass is 16.4. The first-order chi connectivity index (χ1) is 15.6. The Morgan fingerprint density at radius 2 is 1.61 bits per heavy atom. The Morgan fingerprint density at radius 3 is 2.15 bits per heavy atom. The highest BCUT2D eigenvalue weighted by Gasteiger charge is 2.37. The zero-order valence-corrected chi connectivity index (χ0v) is 19.9. The Hall–Kier alpha value is -2.24. The molecule has 0 bridgehead atoms. The summed E-state index contributed by atoms with van der Waals surface area (Å²) in [6.07, 6.45) is 4.73. The lowest BCUT2D eigenvalue weighted by atomic mass is 10.0. The molecule has 0 aromatic heterocycles. The van der Waals surface area contributed by atoms with Crippen LogP contribution in [0.2, 0.25) is 0 Å². The van der Waals surface area contributed by atoms with Gasteiger partial charge in [0.2, 0.25) is 17.7 Å². The molecule has 9 N–H and O–H groups in total. The van der Waals surface area contributed by atoms with Gasteiger partial charge in [-0.25, -0.2) is 4.79 Å². The third-order valence-corrected chi connectivity index (χ3v) is 5.94. The maximum Gasteiger partial charge on any atom is 0.326 e. The summed E-state index contributed by atoms with van der Waals surface area (Å²) in [4.78, 5) is 51.7. The number of hydrogen-bond donors (Lipinski definition) is 6. The van der Waals surface area contributed by atoms with Crippen LogP contribution in [0.15, 0.2) is 0 Å². The van der Waals surface area contributed by atoms with Gasteiger partial charge in [0, 0.05) is 6.54 Å². The molecular weight excluding hydrogens is 428 g/mol. The standard InChI is InChI=1S/C22H42N6O5/c1-14(2)18(22(32)33)27-19(29)16(9-4-6-12-24)26-20(30)17-10-7-13-28(17)21(31)15(25)8-3-5-11-23/h14-18H,3-13,23-25H2,1-2H3,(H,26,30)(H,27,29)(H,32,33). The van der Waals surface area contributed by atoms with Crippen molar-refractivity contribution in [2.75, 3.05) is 19.6 Å². The van der Waals surface area contributed by atoms with E-state index in [1.54, 1.807) is 13.8 Å². The van der Waals surface area contributed by atoms with Crippen LogP contribution < -0.4 is 27.8 Å². The van der Waals surface area contributed by atoms with Crippen molar-refractivity contribution in [2.24, 2.45) is 23.1 Å². The molecule has 1 heterocycles. The topological polar surface area (TPSA) is 194 Å². The van der Waals surface area contributed by atoms with Crippen LogP contribution in [0, 0.1) is 5.92 Å². The van der Waals surface area contributed by atoms with Crippen LogP contribution in [0.5, 0.6) is 0 Å². The van der Waals surface area contributed by atoms with E-state index in [1.807, 2.05) is 0 Å². The highest BCUT2D eigenvalue weighted by Crippen LogP contribution is 2.20. The van der Waals surface area contributed by atoms with Crippen molar-refractivity contribution in [3.63, 3.8) is 0 Å². The summed E-state index contributed by atoms with van der Waals surface area (Å²) in [5.74, 6) is -2.73. The maximum atomic E-state index is 13.1. The maximum absolute atomic E-state index is 13.1. The van der Waals surface area contributed by atoms with E-state index in [0.29, 0.717) is 58.2 Å². The van der Waals surface area contributed by atoms with Gasteiger partial charge in [0.1, 0.15) is 18.1 Å². The van der Waals surface area contributed by atoms with Gasteiger partial charge < -0.3 is 37.8 Å². The molecule has 190 valence electrons. The first-order valence-electron chi connectivity index (χ1n) is 11.9. The van der Waals surface area contributed by atoms with E-state index in [4.69, 9.17) is 17.2 Å². The number of rotatable bonds is 15. The Labute approximate surface area is 196 Å². The molecule has 0 aromatic carbocycles. The van der Waals surface area contributed by atoms with Crippen molar-refractivity contribution in [3.8, 4) is 0 Å². The van der Waals surface area contributed by atoms with Crippen LogP contribution in [0.1, 0.15) is 65.2 Å². The minimum absolute atomic E-state index is 0.278. The smallest absolute Gasteiger partial charge is 0.326 e. The molecule has 11 heteroatoms. The van der Waals surface area contributed by atoms with Gasteiger partial charge in [0.25, 0.3) is 0 Å². The lowest BCUT2D eigenvalue weighted by Gasteiger charge is -2.29. The predicted octanol–water partition coefficient (Wildman–Crippen LogP) is -0.727. The summed E-state index contributed by atoms with van der Waals surface area (Å²) in [5, 5.41) is 14.7. The van der Waals surface area contributed by atoms with Crippen molar-refractivity contribution in [1.29, 1.82) is 0 Å². The molecule has 0 saturated carbocycles. The number of amides is 3. The van der Waals surface area contributed by atoms with Crippen LogP contribution in [0.3, 0.4) is 0 Å². The number of nitrogens with zero attached hydrogens (tertiary/aromatic N) is 1. The monoisotopic (exact) mass is 470 g/mol. The molecule has 1 rings (SSSR count). The number of carboxylic acids is 1. The molecule has 0 radical (unpaired) electrons. The molecule has 1 aliphatic rings. The zero-order chi connectivity index (χ0) is 25.0. The minimum Gasteiger partial charge on any atom is -0.480 e.